The number of nitrogens with two attached hydrogens (primary N) is 1. The summed E-state index contributed by atoms with van der Waals surface area (Å²) in [6.07, 6.45) is 0. The molecule has 0 aliphatic carbocycles. The summed E-state index contributed by atoms with van der Waals surface area (Å²) in [5.74, 6) is -1.89. The van der Waals surface area contributed by atoms with E-state index in [1.165, 1.54) is 0 Å². The molecule has 5 heteroatoms. The third kappa shape index (κ3) is 2.52. The molecule has 0 spiro atoms. The molecule has 74 valence electrons. The van der Waals surface area contributed by atoms with E-state index < -0.39 is 17.8 Å². The van der Waals surface area contributed by atoms with E-state index in [9.17, 15) is 9.59 Å². The highest BCUT2D eigenvalue weighted by molar-refractivity contribution is 14.1. The van der Waals surface area contributed by atoms with Crippen LogP contribution in [0.2, 0.25) is 0 Å². The lowest BCUT2D eigenvalue weighted by Gasteiger charge is -2.04. The summed E-state index contributed by atoms with van der Waals surface area (Å²) in [5, 5.41) is 8.52. The maximum atomic E-state index is 11.4. The number of hydrogen-bond acceptors (Lipinski definition) is 3. The fourth-order valence-electron chi connectivity index (χ4n) is 0.906. The molecule has 0 radical (unpaired) electrons. The zero-order valence-corrected chi connectivity index (χ0v) is 9.26. The molecule has 1 rings (SSSR count). The molecule has 0 heterocycles. The second-order valence-corrected chi connectivity index (χ2v) is 3.93. The first-order valence-electron chi connectivity index (χ1n) is 3.80. The Bertz CT molecular complexity index is 361. The Kier molecular flexibility index (Phi) is 3.59. The molecule has 1 atom stereocenters. The van der Waals surface area contributed by atoms with Gasteiger partial charge in [-0.3, -0.25) is 9.59 Å². The molecule has 0 amide bonds. The van der Waals surface area contributed by atoms with E-state index in [-0.39, 0.29) is 0 Å². The maximum absolute atomic E-state index is 11.4. The minimum absolute atomic E-state index is 0.320. The van der Waals surface area contributed by atoms with Gasteiger partial charge in [0.2, 0.25) is 0 Å². The molecule has 3 N–H and O–H groups in total. The standard InChI is InChI=1S/C9H8INO3/c10-6-3-1-5(2-4-6)8(12)7(11)9(13)14/h1-4,7H,11H2,(H,13,14). The molecule has 0 saturated carbocycles. The van der Waals surface area contributed by atoms with Gasteiger partial charge >= 0.3 is 5.97 Å². The fourth-order valence-corrected chi connectivity index (χ4v) is 1.27. The highest BCUT2D eigenvalue weighted by Crippen LogP contribution is 2.08. The van der Waals surface area contributed by atoms with Gasteiger partial charge < -0.3 is 10.8 Å². The molecule has 0 aliphatic heterocycles. The van der Waals surface area contributed by atoms with Crippen molar-refractivity contribution in [3.63, 3.8) is 0 Å². The van der Waals surface area contributed by atoms with Gasteiger partial charge in [-0.1, -0.05) is 12.1 Å². The van der Waals surface area contributed by atoms with Crippen molar-refractivity contribution in [1.29, 1.82) is 0 Å². The van der Waals surface area contributed by atoms with Crippen molar-refractivity contribution < 1.29 is 14.7 Å². The van der Waals surface area contributed by atoms with Crippen molar-refractivity contribution in [3.05, 3.63) is 33.4 Å². The van der Waals surface area contributed by atoms with E-state index in [2.05, 4.69) is 22.6 Å². The summed E-state index contributed by atoms with van der Waals surface area (Å²) in [6, 6.07) is 5.10. The molecule has 1 aromatic carbocycles. The Morgan fingerprint density at radius 3 is 2.21 bits per heavy atom. The Morgan fingerprint density at radius 2 is 1.79 bits per heavy atom. The van der Waals surface area contributed by atoms with Crippen LogP contribution in [0.1, 0.15) is 10.4 Å². The number of benzene rings is 1. The molecular weight excluding hydrogens is 297 g/mol. The summed E-state index contributed by atoms with van der Waals surface area (Å²) in [7, 11) is 0. The number of carboxylic acids is 1. The lowest BCUT2D eigenvalue weighted by Crippen LogP contribution is -2.38. The van der Waals surface area contributed by atoms with Gasteiger partial charge in [0.1, 0.15) is 0 Å². The first-order valence-corrected chi connectivity index (χ1v) is 4.88. The van der Waals surface area contributed by atoms with Crippen molar-refractivity contribution in [1.82, 2.24) is 0 Å². The number of Topliss-reactive ketones (excluding diaryl/α,β-unsaturated/α-hetero) is 1. The van der Waals surface area contributed by atoms with Gasteiger partial charge in [-0.15, -0.1) is 0 Å². The number of aliphatic carboxylic acids is 1. The molecule has 0 aromatic heterocycles. The average molecular weight is 305 g/mol. The van der Waals surface area contributed by atoms with Gasteiger partial charge in [0, 0.05) is 9.13 Å². The monoisotopic (exact) mass is 305 g/mol. The van der Waals surface area contributed by atoms with Gasteiger partial charge in [0.15, 0.2) is 11.8 Å². The zero-order valence-electron chi connectivity index (χ0n) is 7.11. The second kappa shape index (κ2) is 4.52. The first-order chi connectivity index (χ1) is 6.52. The van der Waals surface area contributed by atoms with Crippen molar-refractivity contribution in [3.8, 4) is 0 Å². The van der Waals surface area contributed by atoms with E-state index in [0.29, 0.717) is 5.56 Å². The Labute approximate surface area is 94.2 Å². The van der Waals surface area contributed by atoms with Gasteiger partial charge in [0.25, 0.3) is 0 Å². The Hall–Kier alpha value is -0.950. The normalized spacial score (nSPS) is 12.1. The molecule has 0 saturated heterocycles. The van der Waals surface area contributed by atoms with Crippen LogP contribution in [0, 0.1) is 3.57 Å². The maximum Gasteiger partial charge on any atom is 0.328 e. The van der Waals surface area contributed by atoms with Gasteiger partial charge in [-0.05, 0) is 34.7 Å². The third-order valence-corrected chi connectivity index (χ3v) is 2.40. The second-order valence-electron chi connectivity index (χ2n) is 2.69. The number of carboxylic acid groups (broad SMARTS) is 1. The van der Waals surface area contributed by atoms with Crippen LogP contribution in [-0.4, -0.2) is 22.9 Å². The first kappa shape index (κ1) is 11.1. The summed E-state index contributed by atoms with van der Waals surface area (Å²) >= 11 is 2.09. The summed E-state index contributed by atoms with van der Waals surface area (Å²) in [4.78, 5) is 21.8. The lowest BCUT2D eigenvalue weighted by atomic mass is 10.1. The van der Waals surface area contributed by atoms with Crippen LogP contribution in [-0.2, 0) is 4.79 Å². The summed E-state index contributed by atoms with van der Waals surface area (Å²) in [5.41, 5.74) is 5.50. The Morgan fingerprint density at radius 1 is 1.29 bits per heavy atom. The molecule has 4 nitrogen and oxygen atoms in total. The lowest BCUT2D eigenvalue weighted by molar-refractivity contribution is -0.137. The summed E-state index contributed by atoms with van der Waals surface area (Å²) in [6.45, 7) is 0. The van der Waals surface area contributed by atoms with Crippen LogP contribution in [0.5, 0.6) is 0 Å². The Balaban J connectivity index is 2.90. The minimum atomic E-state index is -1.48. The number of rotatable bonds is 3. The average Bonchev–Trinajstić information content (AvgIpc) is 2.16. The van der Waals surface area contributed by atoms with E-state index in [1.54, 1.807) is 24.3 Å². The van der Waals surface area contributed by atoms with Crippen LogP contribution >= 0.6 is 22.6 Å². The number of carbonyl (C=O) groups excluding carboxylic acids is 1. The molecule has 0 fully saturated rings. The van der Waals surface area contributed by atoms with Crippen LogP contribution in [0.25, 0.3) is 0 Å². The van der Waals surface area contributed by atoms with E-state index >= 15 is 0 Å². The topological polar surface area (TPSA) is 80.4 Å². The molecular formula is C9H8INO3. The SMILES string of the molecule is NC(C(=O)O)C(=O)c1ccc(I)cc1. The highest BCUT2D eigenvalue weighted by Gasteiger charge is 2.22. The van der Waals surface area contributed by atoms with Crippen molar-refractivity contribution in [2.24, 2.45) is 5.73 Å². The number of halogens is 1. The van der Waals surface area contributed by atoms with Gasteiger partial charge in [0.05, 0.1) is 0 Å². The predicted molar refractivity (Wildman–Crippen MR) is 59.1 cm³/mol. The third-order valence-electron chi connectivity index (χ3n) is 1.68. The van der Waals surface area contributed by atoms with Crippen LogP contribution in [0.15, 0.2) is 24.3 Å². The van der Waals surface area contributed by atoms with Crippen LogP contribution < -0.4 is 5.73 Å². The molecule has 1 unspecified atom stereocenters. The number of ketones is 1. The van der Waals surface area contributed by atoms with Crippen molar-refractivity contribution in [2.75, 3.05) is 0 Å². The fraction of sp³-hybridized carbons (Fsp3) is 0.111. The molecule has 0 aliphatic rings. The summed E-state index contributed by atoms with van der Waals surface area (Å²) < 4.78 is 0.975. The van der Waals surface area contributed by atoms with Crippen molar-refractivity contribution >= 4 is 34.3 Å². The van der Waals surface area contributed by atoms with Crippen LogP contribution in [0.4, 0.5) is 0 Å². The van der Waals surface area contributed by atoms with Gasteiger partial charge in [-0.25, -0.2) is 0 Å². The van der Waals surface area contributed by atoms with E-state index in [4.69, 9.17) is 10.8 Å². The molecule has 0 bridgehead atoms. The number of hydrogen-bond donors (Lipinski definition) is 2. The van der Waals surface area contributed by atoms with Crippen LogP contribution in [0.3, 0.4) is 0 Å². The van der Waals surface area contributed by atoms with Crippen molar-refractivity contribution in [2.45, 2.75) is 6.04 Å². The molecule has 14 heavy (non-hydrogen) atoms. The number of carbonyl (C=O) groups is 2. The van der Waals surface area contributed by atoms with E-state index in [1.807, 2.05) is 0 Å². The zero-order chi connectivity index (χ0) is 10.7. The predicted octanol–water partition coefficient (Wildman–Crippen LogP) is 0.886. The van der Waals surface area contributed by atoms with E-state index in [0.717, 1.165) is 3.57 Å². The van der Waals surface area contributed by atoms with Gasteiger partial charge in [-0.2, -0.15) is 0 Å². The largest absolute Gasteiger partial charge is 0.480 e. The minimum Gasteiger partial charge on any atom is -0.480 e. The quantitative estimate of drug-likeness (QED) is 0.494. The highest BCUT2D eigenvalue weighted by atomic mass is 127. The molecule has 1 aromatic rings. The smallest absolute Gasteiger partial charge is 0.328 e.